The number of carbonyl (C=O) groups is 2. The van der Waals surface area contributed by atoms with Crippen molar-refractivity contribution in [2.75, 3.05) is 10.6 Å². The van der Waals surface area contributed by atoms with Crippen LogP contribution in [-0.4, -0.2) is 11.8 Å². The molecule has 0 unspecified atom stereocenters. The predicted octanol–water partition coefficient (Wildman–Crippen LogP) is 4.99. The Hall–Kier alpha value is -2.69. The fourth-order valence-corrected chi connectivity index (χ4v) is 3.37. The Morgan fingerprint density at radius 2 is 1.65 bits per heavy atom. The molecule has 1 aliphatic carbocycles. The van der Waals surface area contributed by atoms with Crippen LogP contribution >= 0.6 is 0 Å². The van der Waals surface area contributed by atoms with Gasteiger partial charge in [-0.2, -0.15) is 0 Å². The molecule has 3 rings (SSSR count). The molecule has 0 aromatic heterocycles. The largest absolute Gasteiger partial charge is 0.325 e. The molecule has 0 atom stereocenters. The van der Waals surface area contributed by atoms with Crippen LogP contribution in [0.2, 0.25) is 0 Å². The molecule has 2 aromatic rings. The first-order valence-electron chi connectivity index (χ1n) is 9.07. The van der Waals surface area contributed by atoms with Crippen LogP contribution in [0, 0.1) is 11.7 Å². The van der Waals surface area contributed by atoms with Gasteiger partial charge in [0, 0.05) is 12.1 Å². The second-order valence-electron chi connectivity index (χ2n) is 6.74. The third kappa shape index (κ3) is 4.91. The standard InChI is InChI=1S/C21H23FN2O2/c22-16-10-12-17(13-11-16)23-21(26)18-7-3-4-8-19(18)24-20(25)14-9-15-5-1-2-6-15/h3-4,7-8,10-13,15H,1-2,5-6,9,14H2,(H,23,26)(H,24,25). The molecule has 26 heavy (non-hydrogen) atoms. The molecule has 0 aliphatic heterocycles. The molecule has 0 spiro atoms. The summed E-state index contributed by atoms with van der Waals surface area (Å²) in [6, 6.07) is 12.5. The molecule has 2 N–H and O–H groups in total. The van der Waals surface area contributed by atoms with Gasteiger partial charge in [-0.05, 0) is 48.7 Å². The van der Waals surface area contributed by atoms with Gasteiger partial charge in [0.05, 0.1) is 11.3 Å². The van der Waals surface area contributed by atoms with Gasteiger partial charge in [0.25, 0.3) is 5.91 Å². The van der Waals surface area contributed by atoms with Gasteiger partial charge in [-0.3, -0.25) is 9.59 Å². The molecule has 0 heterocycles. The topological polar surface area (TPSA) is 58.2 Å². The summed E-state index contributed by atoms with van der Waals surface area (Å²) < 4.78 is 13.0. The van der Waals surface area contributed by atoms with E-state index in [2.05, 4.69) is 10.6 Å². The zero-order valence-electron chi connectivity index (χ0n) is 14.6. The van der Waals surface area contributed by atoms with E-state index in [9.17, 15) is 14.0 Å². The Balaban J connectivity index is 1.62. The highest BCUT2D eigenvalue weighted by Gasteiger charge is 2.17. The summed E-state index contributed by atoms with van der Waals surface area (Å²) in [7, 11) is 0. The number of nitrogens with one attached hydrogen (secondary N) is 2. The van der Waals surface area contributed by atoms with Crippen molar-refractivity contribution in [1.29, 1.82) is 0 Å². The Kier molecular flexibility index (Phi) is 6.00. The van der Waals surface area contributed by atoms with Crippen molar-refractivity contribution in [2.24, 2.45) is 5.92 Å². The van der Waals surface area contributed by atoms with Crippen molar-refractivity contribution in [3.8, 4) is 0 Å². The number of halogens is 1. The van der Waals surface area contributed by atoms with E-state index in [-0.39, 0.29) is 17.6 Å². The maximum Gasteiger partial charge on any atom is 0.257 e. The average molecular weight is 354 g/mol. The number of amides is 2. The van der Waals surface area contributed by atoms with Gasteiger partial charge in [-0.1, -0.05) is 37.8 Å². The third-order valence-corrected chi connectivity index (χ3v) is 4.80. The molecule has 2 aromatic carbocycles. The minimum absolute atomic E-state index is 0.0704. The van der Waals surface area contributed by atoms with E-state index in [4.69, 9.17) is 0 Å². The number of carbonyl (C=O) groups excluding carboxylic acids is 2. The van der Waals surface area contributed by atoms with Crippen LogP contribution in [0.25, 0.3) is 0 Å². The fraction of sp³-hybridized carbons (Fsp3) is 0.333. The van der Waals surface area contributed by atoms with Crippen LogP contribution in [0.15, 0.2) is 48.5 Å². The lowest BCUT2D eigenvalue weighted by Gasteiger charge is -2.13. The molecule has 4 nitrogen and oxygen atoms in total. The number of benzene rings is 2. The summed E-state index contributed by atoms with van der Waals surface area (Å²) >= 11 is 0. The SMILES string of the molecule is O=C(CCC1CCCC1)Nc1ccccc1C(=O)Nc1ccc(F)cc1. The summed E-state index contributed by atoms with van der Waals surface area (Å²) in [5.74, 6) is -0.127. The first kappa shape index (κ1) is 18.1. The van der Waals surface area contributed by atoms with E-state index < -0.39 is 0 Å². The zero-order valence-corrected chi connectivity index (χ0v) is 14.6. The van der Waals surface area contributed by atoms with E-state index in [1.54, 1.807) is 24.3 Å². The number of para-hydroxylation sites is 1. The zero-order chi connectivity index (χ0) is 18.4. The van der Waals surface area contributed by atoms with Crippen LogP contribution in [0.1, 0.15) is 48.9 Å². The highest BCUT2D eigenvalue weighted by molar-refractivity contribution is 6.10. The number of anilines is 2. The van der Waals surface area contributed by atoms with Crippen molar-refractivity contribution >= 4 is 23.2 Å². The molecule has 0 radical (unpaired) electrons. The van der Waals surface area contributed by atoms with Crippen LogP contribution in [0.3, 0.4) is 0 Å². The molecule has 1 aliphatic rings. The van der Waals surface area contributed by atoms with E-state index in [0.29, 0.717) is 29.3 Å². The normalized spacial score (nSPS) is 14.2. The maximum atomic E-state index is 13.0. The number of rotatable bonds is 6. The average Bonchev–Trinajstić information content (AvgIpc) is 3.16. The number of hydrogen-bond acceptors (Lipinski definition) is 2. The first-order chi connectivity index (χ1) is 12.6. The minimum atomic E-state index is -0.363. The fourth-order valence-electron chi connectivity index (χ4n) is 3.37. The third-order valence-electron chi connectivity index (χ3n) is 4.80. The molecular weight excluding hydrogens is 331 g/mol. The van der Waals surface area contributed by atoms with Gasteiger partial charge >= 0.3 is 0 Å². The second kappa shape index (κ2) is 8.61. The van der Waals surface area contributed by atoms with E-state index >= 15 is 0 Å². The highest BCUT2D eigenvalue weighted by Crippen LogP contribution is 2.28. The van der Waals surface area contributed by atoms with E-state index in [0.717, 1.165) is 6.42 Å². The van der Waals surface area contributed by atoms with Crippen LogP contribution in [0.4, 0.5) is 15.8 Å². The summed E-state index contributed by atoms with van der Waals surface area (Å²) in [5, 5.41) is 5.57. The van der Waals surface area contributed by atoms with Gasteiger partial charge in [0.2, 0.25) is 5.91 Å². The molecule has 0 bridgehead atoms. The summed E-state index contributed by atoms with van der Waals surface area (Å²) in [6.07, 6.45) is 6.32. The van der Waals surface area contributed by atoms with Crippen molar-refractivity contribution in [3.63, 3.8) is 0 Å². The second-order valence-corrected chi connectivity index (χ2v) is 6.74. The van der Waals surface area contributed by atoms with Gasteiger partial charge < -0.3 is 10.6 Å². The van der Waals surface area contributed by atoms with Crippen LogP contribution in [0.5, 0.6) is 0 Å². The van der Waals surface area contributed by atoms with Gasteiger partial charge in [-0.15, -0.1) is 0 Å². The summed E-state index contributed by atoms with van der Waals surface area (Å²) in [4.78, 5) is 24.8. The lowest BCUT2D eigenvalue weighted by molar-refractivity contribution is -0.116. The molecule has 0 saturated heterocycles. The van der Waals surface area contributed by atoms with Crippen molar-refractivity contribution in [1.82, 2.24) is 0 Å². The summed E-state index contributed by atoms with van der Waals surface area (Å²) in [5.41, 5.74) is 1.37. The molecule has 136 valence electrons. The molecular formula is C21H23FN2O2. The van der Waals surface area contributed by atoms with Gasteiger partial charge in [-0.25, -0.2) is 4.39 Å². The monoisotopic (exact) mass is 354 g/mol. The number of hydrogen-bond donors (Lipinski definition) is 2. The first-order valence-corrected chi connectivity index (χ1v) is 9.07. The van der Waals surface area contributed by atoms with Crippen LogP contribution < -0.4 is 10.6 Å². The van der Waals surface area contributed by atoms with E-state index in [1.165, 1.54) is 49.9 Å². The Bertz CT molecular complexity index is 768. The van der Waals surface area contributed by atoms with Crippen molar-refractivity contribution in [2.45, 2.75) is 38.5 Å². The lowest BCUT2D eigenvalue weighted by atomic mass is 10.0. The Morgan fingerprint density at radius 1 is 0.962 bits per heavy atom. The smallest absolute Gasteiger partial charge is 0.257 e. The van der Waals surface area contributed by atoms with E-state index in [1.807, 2.05) is 0 Å². The quantitative estimate of drug-likeness (QED) is 0.768. The van der Waals surface area contributed by atoms with Gasteiger partial charge in [0.1, 0.15) is 5.82 Å². The Morgan fingerprint density at radius 3 is 2.38 bits per heavy atom. The van der Waals surface area contributed by atoms with Gasteiger partial charge in [0.15, 0.2) is 0 Å². The van der Waals surface area contributed by atoms with Crippen molar-refractivity contribution in [3.05, 3.63) is 59.9 Å². The molecule has 5 heteroatoms. The Labute approximate surface area is 152 Å². The predicted molar refractivity (Wildman–Crippen MR) is 101 cm³/mol. The van der Waals surface area contributed by atoms with Crippen LogP contribution in [-0.2, 0) is 4.79 Å². The molecule has 1 fully saturated rings. The molecule has 1 saturated carbocycles. The maximum absolute atomic E-state index is 13.0. The van der Waals surface area contributed by atoms with Crippen molar-refractivity contribution < 1.29 is 14.0 Å². The minimum Gasteiger partial charge on any atom is -0.325 e. The molecule has 2 amide bonds. The summed E-state index contributed by atoms with van der Waals surface area (Å²) in [6.45, 7) is 0. The highest BCUT2D eigenvalue weighted by atomic mass is 19.1. The lowest BCUT2D eigenvalue weighted by Crippen LogP contribution is -2.18.